The number of para-hydroxylation sites is 1. The molecule has 0 aromatic heterocycles. The number of nitrogens with zero attached hydrogens (tertiary/aromatic N) is 1. The monoisotopic (exact) mass is 303 g/mol. The van der Waals surface area contributed by atoms with E-state index in [9.17, 15) is 4.79 Å². The predicted molar refractivity (Wildman–Crippen MR) is 86.1 cm³/mol. The molecular formula is C17H25N3O2. The second-order valence-electron chi connectivity index (χ2n) is 6.59. The van der Waals surface area contributed by atoms with Crippen LogP contribution in [0, 0.1) is 5.41 Å². The smallest absolute Gasteiger partial charge is 0.243 e. The Morgan fingerprint density at radius 2 is 2.05 bits per heavy atom. The third-order valence-corrected chi connectivity index (χ3v) is 5.18. The summed E-state index contributed by atoms with van der Waals surface area (Å²) in [6.07, 6.45) is 4.77. The highest BCUT2D eigenvalue weighted by Crippen LogP contribution is 2.41. The van der Waals surface area contributed by atoms with Crippen molar-refractivity contribution in [2.75, 3.05) is 31.1 Å². The Labute approximate surface area is 131 Å². The highest BCUT2D eigenvalue weighted by molar-refractivity contribution is 5.75. The van der Waals surface area contributed by atoms with Crippen LogP contribution in [-0.2, 0) is 11.2 Å². The zero-order valence-electron chi connectivity index (χ0n) is 13.0. The van der Waals surface area contributed by atoms with E-state index in [1.807, 2.05) is 6.07 Å². The minimum absolute atomic E-state index is 0.316. The lowest BCUT2D eigenvalue weighted by atomic mass is 9.78. The van der Waals surface area contributed by atoms with Crippen LogP contribution in [0.2, 0.25) is 0 Å². The number of benzene rings is 1. The van der Waals surface area contributed by atoms with Crippen LogP contribution >= 0.6 is 0 Å². The minimum Gasteiger partial charge on any atom is -0.371 e. The molecule has 2 heterocycles. The van der Waals surface area contributed by atoms with Gasteiger partial charge in [-0.2, -0.15) is 0 Å². The molecule has 0 atom stereocenters. The van der Waals surface area contributed by atoms with Crippen LogP contribution in [0.1, 0.15) is 31.2 Å². The summed E-state index contributed by atoms with van der Waals surface area (Å²) in [5, 5.41) is 12.1. The van der Waals surface area contributed by atoms with Gasteiger partial charge < -0.3 is 10.2 Å². The van der Waals surface area contributed by atoms with Crippen LogP contribution in [0.25, 0.3) is 0 Å². The molecule has 5 heteroatoms. The predicted octanol–water partition coefficient (Wildman–Crippen LogP) is 1.70. The van der Waals surface area contributed by atoms with Gasteiger partial charge >= 0.3 is 0 Å². The van der Waals surface area contributed by atoms with Crippen molar-refractivity contribution < 1.29 is 10.0 Å². The number of hydroxylamine groups is 1. The standard InChI is InChI=1S/C17H25N3O2/c21-16(19-22)6-5-14-3-1-2-4-15(14)20-12-9-17(13-20)7-10-18-11-8-17/h1-4,18,22H,5-13H2,(H,19,21). The van der Waals surface area contributed by atoms with Crippen molar-refractivity contribution in [3.05, 3.63) is 29.8 Å². The van der Waals surface area contributed by atoms with Gasteiger partial charge in [0.1, 0.15) is 0 Å². The van der Waals surface area contributed by atoms with E-state index >= 15 is 0 Å². The Kier molecular flexibility index (Phi) is 4.64. The fourth-order valence-electron chi connectivity index (χ4n) is 3.84. The SMILES string of the molecule is O=C(CCc1ccccc1N1CCC2(CCNCC2)C1)NO. The molecule has 0 saturated carbocycles. The van der Waals surface area contributed by atoms with Gasteiger partial charge in [0.2, 0.25) is 5.91 Å². The zero-order chi connectivity index (χ0) is 15.4. The number of hydrogen-bond acceptors (Lipinski definition) is 4. The molecule has 2 saturated heterocycles. The molecule has 1 aromatic rings. The number of nitrogens with one attached hydrogen (secondary N) is 2. The first-order valence-electron chi connectivity index (χ1n) is 8.19. The molecule has 0 radical (unpaired) electrons. The zero-order valence-corrected chi connectivity index (χ0v) is 13.0. The summed E-state index contributed by atoms with van der Waals surface area (Å²) in [5.74, 6) is -0.328. The number of carbonyl (C=O) groups is 1. The van der Waals surface area contributed by atoms with Gasteiger partial charge in [-0.15, -0.1) is 0 Å². The van der Waals surface area contributed by atoms with Crippen LogP contribution in [0.3, 0.4) is 0 Å². The maximum Gasteiger partial charge on any atom is 0.243 e. The van der Waals surface area contributed by atoms with E-state index in [1.54, 1.807) is 5.48 Å². The first kappa shape index (κ1) is 15.3. The Balaban J connectivity index is 1.71. The summed E-state index contributed by atoms with van der Waals surface area (Å²) in [6, 6.07) is 8.34. The minimum atomic E-state index is -0.328. The number of amides is 1. The summed E-state index contributed by atoms with van der Waals surface area (Å²) in [5.41, 5.74) is 4.63. The van der Waals surface area contributed by atoms with E-state index in [2.05, 4.69) is 28.4 Å². The number of piperidine rings is 1. The molecular weight excluding hydrogens is 278 g/mol. The molecule has 120 valence electrons. The topological polar surface area (TPSA) is 64.6 Å². The summed E-state index contributed by atoms with van der Waals surface area (Å²) >= 11 is 0. The van der Waals surface area contributed by atoms with E-state index in [1.165, 1.54) is 30.5 Å². The third-order valence-electron chi connectivity index (χ3n) is 5.18. The van der Waals surface area contributed by atoms with Gasteiger partial charge in [-0.1, -0.05) is 18.2 Å². The maximum absolute atomic E-state index is 11.3. The second-order valence-corrected chi connectivity index (χ2v) is 6.59. The Hall–Kier alpha value is -1.59. The molecule has 0 aliphatic carbocycles. The molecule has 3 N–H and O–H groups in total. The van der Waals surface area contributed by atoms with E-state index in [4.69, 9.17) is 5.21 Å². The largest absolute Gasteiger partial charge is 0.371 e. The molecule has 0 bridgehead atoms. The lowest BCUT2D eigenvalue weighted by Crippen LogP contribution is -2.38. The Morgan fingerprint density at radius 3 is 2.82 bits per heavy atom. The Morgan fingerprint density at radius 1 is 1.27 bits per heavy atom. The number of rotatable bonds is 4. The van der Waals surface area contributed by atoms with E-state index in [-0.39, 0.29) is 5.91 Å². The highest BCUT2D eigenvalue weighted by Gasteiger charge is 2.39. The lowest BCUT2D eigenvalue weighted by Gasteiger charge is -2.34. The van der Waals surface area contributed by atoms with Crippen molar-refractivity contribution in [2.45, 2.75) is 32.1 Å². The molecule has 22 heavy (non-hydrogen) atoms. The second kappa shape index (κ2) is 6.67. The van der Waals surface area contributed by atoms with Crippen molar-refractivity contribution in [3.63, 3.8) is 0 Å². The van der Waals surface area contributed by atoms with Crippen molar-refractivity contribution in [3.8, 4) is 0 Å². The molecule has 1 spiro atoms. The average molecular weight is 303 g/mol. The van der Waals surface area contributed by atoms with Crippen LogP contribution in [0.15, 0.2) is 24.3 Å². The van der Waals surface area contributed by atoms with Gasteiger partial charge in [0.15, 0.2) is 0 Å². The van der Waals surface area contributed by atoms with Gasteiger partial charge in [-0.25, -0.2) is 5.48 Å². The van der Waals surface area contributed by atoms with E-state index < -0.39 is 0 Å². The van der Waals surface area contributed by atoms with Crippen molar-refractivity contribution in [2.24, 2.45) is 5.41 Å². The summed E-state index contributed by atoms with van der Waals surface area (Å²) < 4.78 is 0. The number of aryl methyl sites for hydroxylation is 1. The van der Waals surface area contributed by atoms with Crippen molar-refractivity contribution >= 4 is 11.6 Å². The molecule has 5 nitrogen and oxygen atoms in total. The first-order valence-corrected chi connectivity index (χ1v) is 8.19. The van der Waals surface area contributed by atoms with Gasteiger partial charge in [-0.05, 0) is 55.8 Å². The molecule has 2 aliphatic heterocycles. The summed E-state index contributed by atoms with van der Waals surface area (Å²) in [7, 11) is 0. The molecule has 2 fully saturated rings. The summed E-state index contributed by atoms with van der Waals surface area (Å²) in [6.45, 7) is 4.49. The van der Waals surface area contributed by atoms with Gasteiger partial charge in [0, 0.05) is 25.2 Å². The van der Waals surface area contributed by atoms with Crippen LogP contribution in [-0.4, -0.2) is 37.3 Å². The number of anilines is 1. The molecule has 1 amide bonds. The molecule has 0 unspecified atom stereocenters. The van der Waals surface area contributed by atoms with E-state index in [0.717, 1.165) is 26.2 Å². The third kappa shape index (κ3) is 3.25. The molecule has 3 rings (SSSR count). The number of hydrogen-bond donors (Lipinski definition) is 3. The quantitative estimate of drug-likeness (QED) is 0.585. The van der Waals surface area contributed by atoms with Crippen molar-refractivity contribution in [1.29, 1.82) is 0 Å². The molecule has 2 aliphatic rings. The van der Waals surface area contributed by atoms with Crippen LogP contribution in [0.5, 0.6) is 0 Å². The van der Waals surface area contributed by atoms with Gasteiger partial charge in [-0.3, -0.25) is 10.0 Å². The van der Waals surface area contributed by atoms with Gasteiger partial charge in [0.05, 0.1) is 0 Å². The fraction of sp³-hybridized carbons (Fsp3) is 0.588. The highest BCUT2D eigenvalue weighted by atomic mass is 16.5. The van der Waals surface area contributed by atoms with E-state index in [0.29, 0.717) is 18.3 Å². The lowest BCUT2D eigenvalue weighted by molar-refractivity contribution is -0.129. The van der Waals surface area contributed by atoms with Crippen molar-refractivity contribution in [1.82, 2.24) is 10.8 Å². The Bertz CT molecular complexity index is 526. The fourth-order valence-corrected chi connectivity index (χ4v) is 3.84. The summed E-state index contributed by atoms with van der Waals surface area (Å²) in [4.78, 5) is 13.8. The van der Waals surface area contributed by atoms with Gasteiger partial charge in [0.25, 0.3) is 0 Å². The molecule has 1 aromatic carbocycles. The first-order chi connectivity index (χ1) is 10.7. The average Bonchev–Trinajstić information content (AvgIpc) is 2.97. The number of carbonyl (C=O) groups excluding carboxylic acids is 1. The maximum atomic E-state index is 11.3. The van der Waals surface area contributed by atoms with Crippen LogP contribution < -0.4 is 15.7 Å². The van der Waals surface area contributed by atoms with Crippen LogP contribution in [0.4, 0.5) is 5.69 Å². The normalized spacial score (nSPS) is 20.3.